The van der Waals surface area contributed by atoms with Crippen molar-refractivity contribution in [2.75, 3.05) is 13.1 Å². The highest BCUT2D eigenvalue weighted by molar-refractivity contribution is 5.98. The van der Waals surface area contributed by atoms with Crippen molar-refractivity contribution in [3.8, 4) is 0 Å². The lowest BCUT2D eigenvalue weighted by molar-refractivity contribution is -0.127. The third kappa shape index (κ3) is 2.05. The summed E-state index contributed by atoms with van der Waals surface area (Å²) in [5.41, 5.74) is -0.350. The molecule has 0 radical (unpaired) electrons. The Morgan fingerprint density at radius 1 is 1.44 bits per heavy atom. The Balaban J connectivity index is 2.31. The summed E-state index contributed by atoms with van der Waals surface area (Å²) in [5.74, 6) is -3.23. The minimum Gasteiger partial charge on any atom is -0.353 e. The van der Waals surface area contributed by atoms with E-state index in [1.807, 2.05) is 0 Å². The molecule has 1 aliphatic heterocycles. The predicted octanol–water partition coefficient (Wildman–Crippen LogP) is 0.925. The van der Waals surface area contributed by atoms with Gasteiger partial charge in [-0.05, 0) is 19.1 Å². The number of amides is 2. The van der Waals surface area contributed by atoms with Crippen LogP contribution in [0.3, 0.4) is 0 Å². The monoisotopic (exact) mass is 254 g/mol. The van der Waals surface area contributed by atoms with Crippen LogP contribution in [0.1, 0.15) is 17.3 Å². The van der Waals surface area contributed by atoms with Crippen LogP contribution in [0, 0.1) is 11.6 Å². The Morgan fingerprint density at radius 3 is 2.89 bits per heavy atom. The summed E-state index contributed by atoms with van der Waals surface area (Å²) in [7, 11) is 0. The minimum absolute atomic E-state index is 0.279. The molecule has 2 rings (SSSR count). The lowest BCUT2D eigenvalue weighted by Gasteiger charge is -2.32. The second-order valence-electron chi connectivity index (χ2n) is 4.07. The molecule has 0 aromatic heterocycles. The molecule has 0 spiro atoms. The van der Waals surface area contributed by atoms with Crippen LogP contribution in [-0.4, -0.2) is 35.8 Å². The molecule has 1 fully saturated rings. The number of hydrogen-bond donors (Lipinski definition) is 1. The van der Waals surface area contributed by atoms with Crippen LogP contribution < -0.4 is 5.32 Å². The van der Waals surface area contributed by atoms with Crippen LogP contribution in [0.15, 0.2) is 18.2 Å². The first-order valence-electron chi connectivity index (χ1n) is 5.55. The van der Waals surface area contributed by atoms with E-state index < -0.39 is 23.6 Å². The lowest BCUT2D eigenvalue weighted by atomic mass is 10.1. The summed E-state index contributed by atoms with van der Waals surface area (Å²) in [6, 6.07) is 2.73. The van der Waals surface area contributed by atoms with Crippen molar-refractivity contribution in [1.82, 2.24) is 10.2 Å². The van der Waals surface area contributed by atoms with E-state index >= 15 is 0 Å². The molecule has 1 unspecified atom stereocenters. The van der Waals surface area contributed by atoms with Gasteiger partial charge in [0.2, 0.25) is 5.91 Å². The van der Waals surface area contributed by atoms with Gasteiger partial charge in [-0.25, -0.2) is 8.78 Å². The Kier molecular flexibility index (Phi) is 3.27. The number of nitrogens with one attached hydrogen (secondary N) is 1. The van der Waals surface area contributed by atoms with E-state index in [4.69, 9.17) is 0 Å². The topological polar surface area (TPSA) is 49.4 Å². The highest BCUT2D eigenvalue weighted by atomic mass is 19.2. The van der Waals surface area contributed by atoms with Gasteiger partial charge in [-0.3, -0.25) is 9.59 Å². The highest BCUT2D eigenvalue weighted by Crippen LogP contribution is 2.16. The average molecular weight is 254 g/mol. The zero-order chi connectivity index (χ0) is 13.3. The molecule has 6 heteroatoms. The van der Waals surface area contributed by atoms with Gasteiger partial charge in [-0.15, -0.1) is 0 Å². The van der Waals surface area contributed by atoms with Crippen LogP contribution in [0.25, 0.3) is 0 Å². The predicted molar refractivity (Wildman–Crippen MR) is 59.9 cm³/mol. The first-order valence-corrected chi connectivity index (χ1v) is 5.55. The van der Waals surface area contributed by atoms with Crippen LogP contribution in [0.4, 0.5) is 8.78 Å². The summed E-state index contributed by atoms with van der Waals surface area (Å²) < 4.78 is 26.6. The zero-order valence-corrected chi connectivity index (χ0v) is 9.74. The number of rotatable bonds is 1. The van der Waals surface area contributed by atoms with Crippen molar-refractivity contribution >= 4 is 11.8 Å². The summed E-state index contributed by atoms with van der Waals surface area (Å²) in [5, 5.41) is 2.59. The van der Waals surface area contributed by atoms with Crippen molar-refractivity contribution in [3.63, 3.8) is 0 Å². The lowest BCUT2D eigenvalue weighted by Crippen LogP contribution is -2.56. The van der Waals surface area contributed by atoms with E-state index in [9.17, 15) is 18.4 Å². The Hall–Kier alpha value is -1.98. The molecule has 1 aromatic rings. The van der Waals surface area contributed by atoms with Crippen molar-refractivity contribution in [2.45, 2.75) is 13.0 Å². The SMILES string of the molecule is CC1C(=O)NCCN1C(=O)c1cccc(F)c1F. The van der Waals surface area contributed by atoms with Gasteiger partial charge in [-0.2, -0.15) is 0 Å². The molecular formula is C12H12F2N2O2. The number of carbonyl (C=O) groups excluding carboxylic acids is 2. The van der Waals surface area contributed by atoms with Gasteiger partial charge >= 0.3 is 0 Å². The van der Waals surface area contributed by atoms with E-state index in [1.165, 1.54) is 17.0 Å². The fourth-order valence-corrected chi connectivity index (χ4v) is 1.88. The number of nitrogens with zero attached hydrogens (tertiary/aromatic N) is 1. The highest BCUT2D eigenvalue weighted by Gasteiger charge is 2.31. The second kappa shape index (κ2) is 4.72. The quantitative estimate of drug-likeness (QED) is 0.810. The maximum atomic E-state index is 13.5. The van der Waals surface area contributed by atoms with E-state index in [0.29, 0.717) is 6.54 Å². The first-order chi connectivity index (χ1) is 8.52. The van der Waals surface area contributed by atoms with E-state index in [-0.39, 0.29) is 18.0 Å². The minimum atomic E-state index is -1.18. The maximum Gasteiger partial charge on any atom is 0.257 e. The van der Waals surface area contributed by atoms with Gasteiger partial charge in [0.05, 0.1) is 5.56 Å². The molecule has 4 nitrogen and oxygen atoms in total. The van der Waals surface area contributed by atoms with Crippen LogP contribution in [-0.2, 0) is 4.79 Å². The Morgan fingerprint density at radius 2 is 2.17 bits per heavy atom. The molecule has 96 valence electrons. The van der Waals surface area contributed by atoms with Crippen LogP contribution >= 0.6 is 0 Å². The average Bonchev–Trinajstić information content (AvgIpc) is 2.35. The van der Waals surface area contributed by atoms with Crippen molar-refractivity contribution < 1.29 is 18.4 Å². The molecule has 1 N–H and O–H groups in total. The Labute approximate surface area is 103 Å². The van der Waals surface area contributed by atoms with Gasteiger partial charge in [0.25, 0.3) is 5.91 Å². The van der Waals surface area contributed by atoms with Gasteiger partial charge in [0, 0.05) is 13.1 Å². The first kappa shape index (κ1) is 12.5. The molecule has 1 saturated heterocycles. The smallest absolute Gasteiger partial charge is 0.257 e. The van der Waals surface area contributed by atoms with Gasteiger partial charge in [0.15, 0.2) is 11.6 Å². The Bertz CT molecular complexity index is 505. The summed E-state index contributed by atoms with van der Waals surface area (Å²) in [6.45, 7) is 2.14. The fourth-order valence-electron chi connectivity index (χ4n) is 1.88. The number of benzene rings is 1. The third-order valence-electron chi connectivity index (χ3n) is 2.94. The number of hydrogen-bond acceptors (Lipinski definition) is 2. The molecule has 18 heavy (non-hydrogen) atoms. The van der Waals surface area contributed by atoms with E-state index in [2.05, 4.69) is 5.32 Å². The normalized spacial score (nSPS) is 19.6. The number of halogens is 2. The third-order valence-corrected chi connectivity index (χ3v) is 2.94. The zero-order valence-electron chi connectivity index (χ0n) is 9.74. The van der Waals surface area contributed by atoms with Crippen molar-refractivity contribution in [2.24, 2.45) is 0 Å². The largest absolute Gasteiger partial charge is 0.353 e. The van der Waals surface area contributed by atoms with Gasteiger partial charge < -0.3 is 10.2 Å². The van der Waals surface area contributed by atoms with Crippen molar-refractivity contribution in [3.05, 3.63) is 35.4 Å². The molecule has 2 amide bonds. The fraction of sp³-hybridized carbons (Fsp3) is 0.333. The second-order valence-corrected chi connectivity index (χ2v) is 4.07. The summed E-state index contributed by atoms with van der Waals surface area (Å²) in [4.78, 5) is 24.7. The van der Waals surface area contributed by atoms with Crippen LogP contribution in [0.2, 0.25) is 0 Å². The number of carbonyl (C=O) groups is 2. The molecule has 0 aliphatic carbocycles. The molecule has 0 bridgehead atoms. The summed E-state index contributed by atoms with van der Waals surface area (Å²) >= 11 is 0. The molecule has 0 saturated carbocycles. The number of piperazine rings is 1. The molecule has 1 heterocycles. The summed E-state index contributed by atoms with van der Waals surface area (Å²) in [6.07, 6.45) is 0. The van der Waals surface area contributed by atoms with E-state index in [1.54, 1.807) is 6.92 Å². The van der Waals surface area contributed by atoms with Gasteiger partial charge in [-0.1, -0.05) is 6.07 Å². The van der Waals surface area contributed by atoms with Crippen molar-refractivity contribution in [1.29, 1.82) is 0 Å². The van der Waals surface area contributed by atoms with Gasteiger partial charge in [0.1, 0.15) is 6.04 Å². The maximum absolute atomic E-state index is 13.5. The molecule has 1 aromatic carbocycles. The van der Waals surface area contributed by atoms with E-state index in [0.717, 1.165) is 6.07 Å². The van der Waals surface area contributed by atoms with Crippen LogP contribution in [0.5, 0.6) is 0 Å². The standard InChI is InChI=1S/C12H12F2N2O2/c1-7-11(17)15-5-6-16(7)12(18)8-3-2-4-9(13)10(8)14/h2-4,7H,5-6H2,1H3,(H,15,17). The molecular weight excluding hydrogens is 242 g/mol. The molecule has 1 atom stereocenters. The molecule has 1 aliphatic rings.